The minimum atomic E-state index is -2.41. The molecule has 0 rings (SSSR count). The standard InChI is InChI=1S/C5H11FO4/c6-4(10)5(1-7,2-8)3-9/h4,7-10H,1-3H2. The van der Waals surface area contributed by atoms with E-state index in [4.69, 9.17) is 20.4 Å². The van der Waals surface area contributed by atoms with Crippen molar-refractivity contribution >= 4 is 0 Å². The van der Waals surface area contributed by atoms with Crippen LogP contribution in [-0.4, -0.2) is 46.6 Å². The molecular formula is C5H11FO4. The van der Waals surface area contributed by atoms with Crippen molar-refractivity contribution in [2.45, 2.75) is 6.36 Å². The fourth-order valence-corrected chi connectivity index (χ4v) is 0.376. The SMILES string of the molecule is OCC(CO)(CO)C(O)F. The van der Waals surface area contributed by atoms with Gasteiger partial charge in [0, 0.05) is 0 Å². The van der Waals surface area contributed by atoms with E-state index in [1.165, 1.54) is 0 Å². The Morgan fingerprint density at radius 1 is 1.10 bits per heavy atom. The topological polar surface area (TPSA) is 80.9 Å². The van der Waals surface area contributed by atoms with E-state index in [2.05, 4.69) is 0 Å². The van der Waals surface area contributed by atoms with Crippen molar-refractivity contribution in [3.63, 3.8) is 0 Å². The van der Waals surface area contributed by atoms with Crippen LogP contribution >= 0.6 is 0 Å². The van der Waals surface area contributed by atoms with Gasteiger partial charge in [-0.05, 0) is 0 Å². The summed E-state index contributed by atoms with van der Waals surface area (Å²) >= 11 is 0. The van der Waals surface area contributed by atoms with Crippen LogP contribution in [0.3, 0.4) is 0 Å². The Hall–Kier alpha value is -0.230. The highest BCUT2D eigenvalue weighted by molar-refractivity contribution is 4.78. The largest absolute Gasteiger partial charge is 0.395 e. The van der Waals surface area contributed by atoms with Crippen molar-refractivity contribution in [1.29, 1.82) is 0 Å². The predicted octanol–water partition coefficient (Wildman–Crippen LogP) is -1.76. The van der Waals surface area contributed by atoms with Gasteiger partial charge in [0.15, 0.2) is 0 Å². The maximum atomic E-state index is 12.1. The van der Waals surface area contributed by atoms with Crippen molar-refractivity contribution in [3.05, 3.63) is 0 Å². The molecule has 0 aliphatic heterocycles. The summed E-state index contributed by atoms with van der Waals surface area (Å²) < 4.78 is 12.1. The van der Waals surface area contributed by atoms with Crippen LogP contribution in [0.1, 0.15) is 0 Å². The first kappa shape index (κ1) is 9.77. The van der Waals surface area contributed by atoms with Crippen LogP contribution in [0.15, 0.2) is 0 Å². The Balaban J connectivity index is 4.15. The molecule has 62 valence electrons. The molecule has 1 unspecified atom stereocenters. The molecule has 0 spiro atoms. The molecule has 4 nitrogen and oxygen atoms in total. The zero-order valence-corrected chi connectivity index (χ0v) is 5.37. The van der Waals surface area contributed by atoms with Gasteiger partial charge in [-0.25, -0.2) is 4.39 Å². The molecule has 0 saturated carbocycles. The van der Waals surface area contributed by atoms with E-state index in [-0.39, 0.29) is 0 Å². The summed E-state index contributed by atoms with van der Waals surface area (Å²) in [4.78, 5) is 0. The van der Waals surface area contributed by atoms with E-state index in [0.29, 0.717) is 0 Å². The second-order valence-electron chi connectivity index (χ2n) is 2.17. The maximum Gasteiger partial charge on any atom is 0.208 e. The van der Waals surface area contributed by atoms with Crippen LogP contribution in [0.2, 0.25) is 0 Å². The lowest BCUT2D eigenvalue weighted by molar-refractivity contribution is -0.141. The van der Waals surface area contributed by atoms with Crippen LogP contribution in [0.25, 0.3) is 0 Å². The van der Waals surface area contributed by atoms with E-state index in [1.807, 2.05) is 0 Å². The van der Waals surface area contributed by atoms with Gasteiger partial charge in [-0.2, -0.15) is 0 Å². The first-order valence-electron chi connectivity index (χ1n) is 2.77. The van der Waals surface area contributed by atoms with Gasteiger partial charge in [-0.15, -0.1) is 0 Å². The molecule has 0 bridgehead atoms. The third kappa shape index (κ3) is 1.63. The fourth-order valence-electron chi connectivity index (χ4n) is 0.376. The number of rotatable bonds is 4. The van der Waals surface area contributed by atoms with Gasteiger partial charge in [-0.1, -0.05) is 0 Å². The van der Waals surface area contributed by atoms with Crippen molar-refractivity contribution in [1.82, 2.24) is 0 Å². The average Bonchev–Trinajstić information content (AvgIpc) is 1.92. The molecule has 0 fully saturated rings. The van der Waals surface area contributed by atoms with E-state index < -0.39 is 31.6 Å². The molecule has 0 aromatic rings. The molecule has 0 radical (unpaired) electrons. The molecule has 0 heterocycles. The third-order valence-corrected chi connectivity index (χ3v) is 1.45. The lowest BCUT2D eigenvalue weighted by Crippen LogP contribution is -2.42. The first-order chi connectivity index (χ1) is 4.63. The van der Waals surface area contributed by atoms with Gasteiger partial charge in [0.05, 0.1) is 25.2 Å². The first-order valence-corrected chi connectivity index (χ1v) is 2.77. The highest BCUT2D eigenvalue weighted by Crippen LogP contribution is 2.20. The smallest absolute Gasteiger partial charge is 0.208 e. The van der Waals surface area contributed by atoms with Gasteiger partial charge in [0.25, 0.3) is 0 Å². The summed E-state index contributed by atoms with van der Waals surface area (Å²) in [6.07, 6.45) is -2.41. The van der Waals surface area contributed by atoms with Crippen LogP contribution < -0.4 is 0 Å². The molecule has 1 atom stereocenters. The molecule has 0 aliphatic carbocycles. The molecule has 0 aromatic heterocycles. The molecule has 4 N–H and O–H groups in total. The normalized spacial score (nSPS) is 15.3. The highest BCUT2D eigenvalue weighted by Gasteiger charge is 2.36. The molecule has 0 aromatic carbocycles. The number of hydrogen-bond donors (Lipinski definition) is 4. The lowest BCUT2D eigenvalue weighted by Gasteiger charge is -2.26. The summed E-state index contributed by atoms with van der Waals surface area (Å²) in [5, 5.41) is 33.6. The lowest BCUT2D eigenvalue weighted by atomic mass is 9.91. The summed E-state index contributed by atoms with van der Waals surface area (Å²) in [7, 11) is 0. The molecule has 10 heavy (non-hydrogen) atoms. The van der Waals surface area contributed by atoms with Crippen LogP contribution in [0, 0.1) is 5.41 Å². The van der Waals surface area contributed by atoms with Crippen LogP contribution in [0.4, 0.5) is 4.39 Å². The van der Waals surface area contributed by atoms with Gasteiger partial charge < -0.3 is 20.4 Å². The van der Waals surface area contributed by atoms with E-state index in [1.54, 1.807) is 0 Å². The highest BCUT2D eigenvalue weighted by atomic mass is 19.1. The summed E-state index contributed by atoms with van der Waals surface area (Å²) in [5.41, 5.74) is -1.82. The number of aliphatic hydroxyl groups is 4. The minimum absolute atomic E-state index is 0.794. The Morgan fingerprint density at radius 2 is 1.40 bits per heavy atom. The van der Waals surface area contributed by atoms with E-state index >= 15 is 0 Å². The molecule has 0 amide bonds. The van der Waals surface area contributed by atoms with Crippen molar-refractivity contribution < 1.29 is 24.8 Å². The zero-order chi connectivity index (χ0) is 8.20. The summed E-state index contributed by atoms with van der Waals surface area (Å²) in [6.45, 7) is -2.38. The Morgan fingerprint density at radius 3 is 1.40 bits per heavy atom. The quantitative estimate of drug-likeness (QED) is 0.386. The fraction of sp³-hybridized carbons (Fsp3) is 1.00. The van der Waals surface area contributed by atoms with Gasteiger partial charge >= 0.3 is 0 Å². The van der Waals surface area contributed by atoms with Crippen LogP contribution in [0.5, 0.6) is 0 Å². The molecular weight excluding hydrogens is 143 g/mol. The van der Waals surface area contributed by atoms with Gasteiger partial charge in [-0.3, -0.25) is 0 Å². The number of aliphatic hydroxyl groups excluding tert-OH is 4. The number of halogens is 1. The van der Waals surface area contributed by atoms with E-state index in [9.17, 15) is 4.39 Å². The van der Waals surface area contributed by atoms with Gasteiger partial charge in [0.1, 0.15) is 0 Å². The third-order valence-electron chi connectivity index (χ3n) is 1.45. The summed E-state index contributed by atoms with van der Waals surface area (Å²) in [6, 6.07) is 0. The number of hydrogen-bond acceptors (Lipinski definition) is 4. The van der Waals surface area contributed by atoms with Crippen molar-refractivity contribution in [2.24, 2.45) is 5.41 Å². The van der Waals surface area contributed by atoms with Crippen molar-refractivity contribution in [3.8, 4) is 0 Å². The minimum Gasteiger partial charge on any atom is -0.395 e. The van der Waals surface area contributed by atoms with Crippen LogP contribution in [-0.2, 0) is 0 Å². The maximum absolute atomic E-state index is 12.1. The Bertz CT molecular complexity index is 83.4. The Kier molecular flexibility index (Phi) is 3.73. The zero-order valence-electron chi connectivity index (χ0n) is 5.37. The second-order valence-corrected chi connectivity index (χ2v) is 2.17. The second kappa shape index (κ2) is 3.82. The average molecular weight is 154 g/mol. The molecule has 0 saturated heterocycles. The Labute approximate surface area is 57.5 Å². The summed E-state index contributed by atoms with van der Waals surface area (Å²) in [5.74, 6) is 0. The van der Waals surface area contributed by atoms with Gasteiger partial charge in [0.2, 0.25) is 6.36 Å². The molecule has 0 aliphatic rings. The number of alkyl halides is 1. The van der Waals surface area contributed by atoms with E-state index in [0.717, 1.165) is 0 Å². The van der Waals surface area contributed by atoms with Crippen molar-refractivity contribution in [2.75, 3.05) is 19.8 Å². The predicted molar refractivity (Wildman–Crippen MR) is 30.8 cm³/mol. The monoisotopic (exact) mass is 154 g/mol. The molecule has 5 heteroatoms.